The van der Waals surface area contributed by atoms with Crippen molar-refractivity contribution in [1.82, 2.24) is 15.0 Å². The zero-order valence-corrected chi connectivity index (χ0v) is 11.6. The molecule has 0 aromatic rings. The summed E-state index contributed by atoms with van der Waals surface area (Å²) in [6.07, 6.45) is 0. The van der Waals surface area contributed by atoms with E-state index in [-0.39, 0.29) is 27.3 Å². The Kier molecular flexibility index (Phi) is 5.05. The van der Waals surface area contributed by atoms with Crippen molar-refractivity contribution in [2.24, 2.45) is 0 Å². The summed E-state index contributed by atoms with van der Waals surface area (Å²) in [4.78, 5) is 31.0. The van der Waals surface area contributed by atoms with Gasteiger partial charge in [0.25, 0.3) is 0 Å². The number of hydrogen-bond acceptors (Lipinski definition) is 6. The SMILES string of the molecule is O=[N+]([O-])N1CN([N+](=O)[O-])CN([N+](=O)[O-])C1.[Pb]. The second-order valence-electron chi connectivity index (χ2n) is 2.66. The number of rotatable bonds is 3. The topological polar surface area (TPSA) is 139 Å². The van der Waals surface area contributed by atoms with Crippen LogP contribution in [0.2, 0.25) is 0 Å². The van der Waals surface area contributed by atoms with Crippen LogP contribution < -0.4 is 0 Å². The van der Waals surface area contributed by atoms with E-state index in [4.69, 9.17) is 0 Å². The number of hydrazine groups is 3. The Hall–Kier alpha value is -1.48. The average Bonchev–Trinajstić information content (AvgIpc) is 2.16. The Bertz CT molecular complexity index is 257. The predicted octanol–water partition coefficient (Wildman–Crippen LogP) is -2.03. The van der Waals surface area contributed by atoms with Crippen molar-refractivity contribution < 1.29 is 15.1 Å². The van der Waals surface area contributed by atoms with Gasteiger partial charge in [-0.1, -0.05) is 15.0 Å². The largest absolute Gasteiger partial charge is 0.235 e. The van der Waals surface area contributed by atoms with Crippen molar-refractivity contribution in [3.8, 4) is 0 Å². The minimum atomic E-state index is -0.924. The van der Waals surface area contributed by atoms with Gasteiger partial charge in [-0.25, -0.2) is 30.3 Å². The second-order valence-corrected chi connectivity index (χ2v) is 2.66. The molecule has 13 heteroatoms. The molecule has 0 saturated carbocycles. The standard InChI is InChI=1S/C3H6N6O6.Pb/c10-7(11)4-1-5(8(12)13)3-6(2-4)9(14)15;/h1-3H2;. The third kappa shape index (κ3) is 3.28. The smallest absolute Gasteiger partial charge is 0.212 e. The van der Waals surface area contributed by atoms with Crippen molar-refractivity contribution >= 4 is 27.3 Å². The van der Waals surface area contributed by atoms with E-state index in [9.17, 15) is 30.3 Å². The summed E-state index contributed by atoms with van der Waals surface area (Å²) in [7, 11) is 0. The first-order chi connectivity index (χ1) is 6.91. The quantitative estimate of drug-likeness (QED) is 0.282. The van der Waals surface area contributed by atoms with Crippen LogP contribution in [0.15, 0.2) is 0 Å². The van der Waals surface area contributed by atoms with E-state index in [1.165, 1.54) is 0 Å². The number of hydrogen-bond donors (Lipinski definition) is 0. The first-order valence-electron chi connectivity index (χ1n) is 3.59. The minimum absolute atomic E-state index is 0. The van der Waals surface area contributed by atoms with E-state index >= 15 is 0 Å². The van der Waals surface area contributed by atoms with Crippen molar-refractivity contribution in [2.45, 2.75) is 0 Å². The second kappa shape index (κ2) is 5.56. The molecule has 1 aliphatic rings. The van der Waals surface area contributed by atoms with Gasteiger partial charge in [0, 0.05) is 27.3 Å². The van der Waals surface area contributed by atoms with Gasteiger partial charge >= 0.3 is 0 Å². The van der Waals surface area contributed by atoms with Crippen LogP contribution in [0.5, 0.6) is 0 Å². The average molecular weight is 429 g/mol. The number of nitro groups is 3. The fraction of sp³-hybridized carbons (Fsp3) is 1.00. The van der Waals surface area contributed by atoms with Gasteiger partial charge in [-0.2, -0.15) is 0 Å². The molecular formula is C3H6N6O6Pb. The molecule has 12 nitrogen and oxygen atoms in total. The maximum Gasteiger partial charge on any atom is 0.212 e. The Labute approximate surface area is 108 Å². The van der Waals surface area contributed by atoms with E-state index in [2.05, 4.69) is 0 Å². The van der Waals surface area contributed by atoms with Crippen LogP contribution in [0, 0.1) is 30.3 Å². The molecule has 1 rings (SSSR count). The summed E-state index contributed by atoms with van der Waals surface area (Å²) in [5.41, 5.74) is 0. The third-order valence-corrected chi connectivity index (χ3v) is 1.67. The van der Waals surface area contributed by atoms with Gasteiger partial charge in [-0.15, -0.1) is 0 Å². The minimum Gasteiger partial charge on any atom is -0.235 e. The maximum atomic E-state index is 10.3. The van der Waals surface area contributed by atoms with E-state index in [0.717, 1.165) is 0 Å². The summed E-state index contributed by atoms with van der Waals surface area (Å²) >= 11 is 0. The zero-order valence-electron chi connectivity index (χ0n) is 7.75. The van der Waals surface area contributed by atoms with Crippen LogP contribution in [0.3, 0.4) is 0 Å². The molecule has 0 N–H and O–H groups in total. The van der Waals surface area contributed by atoms with Crippen molar-refractivity contribution in [3.63, 3.8) is 0 Å². The molecule has 0 amide bonds. The van der Waals surface area contributed by atoms with Crippen LogP contribution in [-0.2, 0) is 0 Å². The molecule has 0 aliphatic carbocycles. The number of nitrogens with zero attached hydrogens (tertiary/aromatic N) is 6. The normalized spacial score (nSPS) is 15.4. The molecule has 0 aromatic carbocycles. The van der Waals surface area contributed by atoms with E-state index in [1.807, 2.05) is 0 Å². The van der Waals surface area contributed by atoms with Gasteiger partial charge in [0.2, 0.25) is 20.0 Å². The molecule has 0 aromatic heterocycles. The molecule has 0 spiro atoms. The van der Waals surface area contributed by atoms with Gasteiger partial charge in [0.15, 0.2) is 15.1 Å². The van der Waals surface area contributed by atoms with Gasteiger partial charge in [0.1, 0.15) is 0 Å². The Morgan fingerprint density at radius 2 is 0.875 bits per heavy atom. The monoisotopic (exact) mass is 430 g/mol. The molecule has 1 aliphatic heterocycles. The van der Waals surface area contributed by atoms with Crippen molar-refractivity contribution in [3.05, 3.63) is 30.3 Å². The molecule has 1 fully saturated rings. The molecule has 88 valence electrons. The zero-order chi connectivity index (χ0) is 11.6. The fourth-order valence-electron chi connectivity index (χ4n) is 1.01. The summed E-state index contributed by atoms with van der Waals surface area (Å²) in [6, 6.07) is 0. The van der Waals surface area contributed by atoms with Gasteiger partial charge in [-0.3, -0.25) is 0 Å². The summed E-state index contributed by atoms with van der Waals surface area (Å²) < 4.78 is 0. The van der Waals surface area contributed by atoms with Crippen molar-refractivity contribution in [2.75, 3.05) is 20.0 Å². The van der Waals surface area contributed by atoms with Crippen molar-refractivity contribution in [1.29, 1.82) is 0 Å². The molecule has 1 saturated heterocycles. The molecule has 4 radical (unpaired) electrons. The first-order valence-corrected chi connectivity index (χ1v) is 3.59. The Morgan fingerprint density at radius 1 is 0.688 bits per heavy atom. The predicted molar refractivity (Wildman–Crippen MR) is 46.9 cm³/mol. The first kappa shape index (κ1) is 14.5. The van der Waals surface area contributed by atoms with Gasteiger partial charge in [0.05, 0.1) is 0 Å². The van der Waals surface area contributed by atoms with Crippen LogP contribution in [-0.4, -0.2) is 77.4 Å². The molecule has 0 atom stereocenters. The molecule has 1 heterocycles. The third-order valence-electron chi connectivity index (χ3n) is 1.67. The van der Waals surface area contributed by atoms with E-state index in [1.54, 1.807) is 0 Å². The van der Waals surface area contributed by atoms with Crippen LogP contribution >= 0.6 is 0 Å². The molecule has 16 heavy (non-hydrogen) atoms. The fourth-order valence-corrected chi connectivity index (χ4v) is 1.01. The summed E-state index contributed by atoms with van der Waals surface area (Å²) in [5, 5.41) is 29.3. The Balaban J connectivity index is 0.00000225. The van der Waals surface area contributed by atoms with Crippen LogP contribution in [0.25, 0.3) is 0 Å². The summed E-state index contributed by atoms with van der Waals surface area (Å²) in [6.45, 7) is -1.78. The Morgan fingerprint density at radius 3 is 1.00 bits per heavy atom. The van der Waals surface area contributed by atoms with Gasteiger partial charge in [-0.05, 0) is 0 Å². The van der Waals surface area contributed by atoms with E-state index < -0.39 is 35.1 Å². The molecular weight excluding hydrogens is 423 g/mol. The van der Waals surface area contributed by atoms with E-state index in [0.29, 0.717) is 15.0 Å². The van der Waals surface area contributed by atoms with Gasteiger partial charge < -0.3 is 0 Å². The molecule has 0 unspecified atom stereocenters. The summed E-state index contributed by atoms with van der Waals surface area (Å²) in [5.74, 6) is 0. The van der Waals surface area contributed by atoms with Crippen LogP contribution in [0.1, 0.15) is 0 Å². The molecule has 0 bridgehead atoms. The van der Waals surface area contributed by atoms with Crippen LogP contribution in [0.4, 0.5) is 0 Å². The maximum absolute atomic E-state index is 10.3.